The molecular weight excluding hydrogens is 236 g/mol. The summed E-state index contributed by atoms with van der Waals surface area (Å²) in [4.78, 5) is 8.07. The molecule has 0 unspecified atom stereocenters. The van der Waals surface area contributed by atoms with E-state index in [-0.39, 0.29) is 0 Å². The zero-order chi connectivity index (χ0) is 13.4. The molecule has 0 radical (unpaired) electrons. The monoisotopic (exact) mass is 254 g/mol. The Morgan fingerprint density at radius 1 is 1.21 bits per heavy atom. The maximum Gasteiger partial charge on any atom is 0.156 e. The fraction of sp³-hybridized carbons (Fsp3) is 0.333. The number of imidazole rings is 1. The summed E-state index contributed by atoms with van der Waals surface area (Å²) in [7, 11) is 0. The minimum absolute atomic E-state index is 0.848. The average molecular weight is 254 g/mol. The van der Waals surface area contributed by atoms with Gasteiger partial charge in [0.05, 0.1) is 16.7 Å². The van der Waals surface area contributed by atoms with Gasteiger partial charge >= 0.3 is 0 Å². The number of nitrogens with one attached hydrogen (secondary N) is 1. The van der Waals surface area contributed by atoms with Crippen LogP contribution in [-0.4, -0.2) is 19.7 Å². The van der Waals surface area contributed by atoms with Crippen molar-refractivity contribution in [1.82, 2.24) is 19.7 Å². The first-order chi connectivity index (χ1) is 9.21. The van der Waals surface area contributed by atoms with Crippen molar-refractivity contribution in [2.75, 3.05) is 0 Å². The van der Waals surface area contributed by atoms with Gasteiger partial charge in [-0.05, 0) is 44.0 Å². The molecule has 0 atom stereocenters. The summed E-state index contributed by atoms with van der Waals surface area (Å²) in [5.41, 5.74) is 5.49. The van der Waals surface area contributed by atoms with E-state index in [1.165, 1.54) is 5.56 Å². The van der Waals surface area contributed by atoms with Crippen LogP contribution in [0.25, 0.3) is 22.6 Å². The molecule has 98 valence electrons. The Kier molecular flexibility index (Phi) is 2.85. The number of aromatic amines is 1. The number of hydrogen-bond donors (Lipinski definition) is 1. The van der Waals surface area contributed by atoms with Gasteiger partial charge in [-0.15, -0.1) is 0 Å². The molecule has 0 amide bonds. The highest BCUT2D eigenvalue weighted by Gasteiger charge is 2.11. The van der Waals surface area contributed by atoms with E-state index in [0.29, 0.717) is 0 Å². The number of rotatable bonds is 3. The summed E-state index contributed by atoms with van der Waals surface area (Å²) in [5.74, 6) is 0.894. The minimum Gasteiger partial charge on any atom is -0.337 e. The minimum atomic E-state index is 0.848. The lowest BCUT2D eigenvalue weighted by molar-refractivity contribution is 0.658. The summed E-state index contributed by atoms with van der Waals surface area (Å²) < 4.78 is 1.98. The van der Waals surface area contributed by atoms with Gasteiger partial charge in [0.2, 0.25) is 0 Å². The highest BCUT2D eigenvalue weighted by molar-refractivity contribution is 5.79. The van der Waals surface area contributed by atoms with E-state index in [0.717, 1.165) is 41.2 Å². The topological polar surface area (TPSA) is 46.5 Å². The lowest BCUT2D eigenvalue weighted by atomic mass is 10.1. The third kappa shape index (κ3) is 2.03. The van der Waals surface area contributed by atoms with Crippen LogP contribution in [0.1, 0.15) is 25.1 Å². The molecule has 0 fully saturated rings. The Balaban J connectivity index is 2.14. The maximum atomic E-state index is 4.66. The van der Waals surface area contributed by atoms with E-state index in [2.05, 4.69) is 53.2 Å². The normalized spacial score (nSPS) is 11.3. The summed E-state index contributed by atoms with van der Waals surface area (Å²) in [5, 5.41) is 4.47. The zero-order valence-corrected chi connectivity index (χ0v) is 11.6. The molecule has 4 nitrogen and oxygen atoms in total. The van der Waals surface area contributed by atoms with E-state index in [1.54, 1.807) is 0 Å². The Morgan fingerprint density at radius 2 is 2.05 bits per heavy atom. The van der Waals surface area contributed by atoms with Gasteiger partial charge in [0.25, 0.3) is 0 Å². The van der Waals surface area contributed by atoms with E-state index in [9.17, 15) is 0 Å². The van der Waals surface area contributed by atoms with Crippen LogP contribution < -0.4 is 0 Å². The number of H-pyrrole nitrogens is 1. The molecule has 3 rings (SSSR count). The van der Waals surface area contributed by atoms with E-state index < -0.39 is 0 Å². The average Bonchev–Trinajstić information content (AvgIpc) is 3.00. The second kappa shape index (κ2) is 4.53. The molecule has 4 heteroatoms. The summed E-state index contributed by atoms with van der Waals surface area (Å²) in [6, 6.07) is 8.45. The van der Waals surface area contributed by atoms with Crippen LogP contribution in [0.15, 0.2) is 24.3 Å². The molecule has 0 aliphatic rings. The van der Waals surface area contributed by atoms with Gasteiger partial charge in [-0.25, -0.2) is 4.98 Å². The zero-order valence-electron chi connectivity index (χ0n) is 11.6. The summed E-state index contributed by atoms with van der Waals surface area (Å²) in [6.45, 7) is 7.11. The molecule has 0 spiro atoms. The predicted molar refractivity (Wildman–Crippen MR) is 77.1 cm³/mol. The first-order valence-corrected chi connectivity index (χ1v) is 6.74. The number of nitrogens with zero attached hydrogens (tertiary/aromatic N) is 3. The molecule has 2 aromatic heterocycles. The number of benzene rings is 1. The van der Waals surface area contributed by atoms with Crippen LogP contribution in [0.2, 0.25) is 0 Å². The van der Waals surface area contributed by atoms with Crippen molar-refractivity contribution >= 4 is 11.0 Å². The number of fused-ring (bicyclic) bond motifs is 1. The van der Waals surface area contributed by atoms with E-state index in [4.69, 9.17) is 0 Å². The van der Waals surface area contributed by atoms with Crippen molar-refractivity contribution in [3.8, 4) is 11.5 Å². The largest absolute Gasteiger partial charge is 0.337 e. The van der Waals surface area contributed by atoms with Crippen molar-refractivity contribution in [3.05, 3.63) is 35.5 Å². The van der Waals surface area contributed by atoms with Crippen LogP contribution in [0.4, 0.5) is 0 Å². The molecule has 0 aliphatic heterocycles. The fourth-order valence-corrected chi connectivity index (χ4v) is 2.38. The third-order valence-corrected chi connectivity index (χ3v) is 3.40. The second-order valence-electron chi connectivity index (χ2n) is 4.78. The molecule has 0 aliphatic carbocycles. The maximum absolute atomic E-state index is 4.66. The molecule has 1 aromatic carbocycles. The Bertz CT molecular complexity index is 721. The van der Waals surface area contributed by atoms with Crippen LogP contribution in [0.3, 0.4) is 0 Å². The van der Waals surface area contributed by atoms with Gasteiger partial charge in [0.1, 0.15) is 5.69 Å². The van der Waals surface area contributed by atoms with Gasteiger partial charge in [-0.2, -0.15) is 5.10 Å². The SMILES string of the molecule is CCc1ccc2nc(-c3cc(C)nn3CC)[nH]c2c1. The lowest BCUT2D eigenvalue weighted by Crippen LogP contribution is -1.99. The fourth-order valence-electron chi connectivity index (χ4n) is 2.38. The van der Waals surface area contributed by atoms with Crippen molar-refractivity contribution in [2.45, 2.75) is 33.7 Å². The Morgan fingerprint density at radius 3 is 2.79 bits per heavy atom. The van der Waals surface area contributed by atoms with E-state index >= 15 is 0 Å². The summed E-state index contributed by atoms with van der Waals surface area (Å²) >= 11 is 0. The van der Waals surface area contributed by atoms with Crippen LogP contribution in [-0.2, 0) is 13.0 Å². The van der Waals surface area contributed by atoms with Crippen LogP contribution in [0.5, 0.6) is 0 Å². The van der Waals surface area contributed by atoms with E-state index in [1.807, 2.05) is 11.6 Å². The van der Waals surface area contributed by atoms with Crippen molar-refractivity contribution in [1.29, 1.82) is 0 Å². The van der Waals surface area contributed by atoms with Crippen LogP contribution in [0, 0.1) is 6.92 Å². The summed E-state index contributed by atoms with van der Waals surface area (Å²) in [6.07, 6.45) is 1.04. The predicted octanol–water partition coefficient (Wildman–Crippen LogP) is 3.32. The first-order valence-electron chi connectivity index (χ1n) is 6.74. The van der Waals surface area contributed by atoms with Gasteiger partial charge < -0.3 is 4.98 Å². The van der Waals surface area contributed by atoms with Crippen LogP contribution >= 0.6 is 0 Å². The molecule has 1 N–H and O–H groups in total. The highest BCUT2D eigenvalue weighted by Crippen LogP contribution is 2.22. The Hall–Kier alpha value is -2.10. The highest BCUT2D eigenvalue weighted by atomic mass is 15.3. The van der Waals surface area contributed by atoms with Gasteiger partial charge in [0.15, 0.2) is 5.82 Å². The van der Waals surface area contributed by atoms with Crippen molar-refractivity contribution in [2.24, 2.45) is 0 Å². The first kappa shape index (κ1) is 12.0. The lowest BCUT2D eigenvalue weighted by Gasteiger charge is -2.00. The molecule has 0 bridgehead atoms. The van der Waals surface area contributed by atoms with Crippen molar-refractivity contribution < 1.29 is 0 Å². The number of hydrogen-bond acceptors (Lipinski definition) is 2. The number of aryl methyl sites for hydroxylation is 3. The smallest absolute Gasteiger partial charge is 0.156 e. The molecule has 19 heavy (non-hydrogen) atoms. The van der Waals surface area contributed by atoms with Gasteiger partial charge in [-0.3, -0.25) is 4.68 Å². The molecule has 3 aromatic rings. The Labute approximate surface area is 112 Å². The quantitative estimate of drug-likeness (QED) is 0.779. The standard InChI is InChI=1S/C15H18N4/c1-4-11-6-7-12-13(9-11)17-15(16-12)14-8-10(3)18-19(14)5-2/h6-9H,4-5H2,1-3H3,(H,16,17). The molecule has 0 saturated heterocycles. The number of aromatic nitrogens is 4. The molecule has 0 saturated carbocycles. The van der Waals surface area contributed by atoms with Crippen molar-refractivity contribution in [3.63, 3.8) is 0 Å². The van der Waals surface area contributed by atoms with Gasteiger partial charge in [-0.1, -0.05) is 13.0 Å². The molecular formula is C15H18N4. The third-order valence-electron chi connectivity index (χ3n) is 3.40. The second-order valence-corrected chi connectivity index (χ2v) is 4.78. The van der Waals surface area contributed by atoms with Gasteiger partial charge in [0, 0.05) is 6.54 Å². The molecule has 2 heterocycles.